The van der Waals surface area contributed by atoms with Gasteiger partial charge >= 0.3 is 0 Å². The molecule has 1 saturated heterocycles. The van der Waals surface area contributed by atoms with Gasteiger partial charge in [0.2, 0.25) is 11.8 Å². The molecule has 3 aromatic rings. The zero-order chi connectivity index (χ0) is 16.4. The molecule has 0 radical (unpaired) electrons. The van der Waals surface area contributed by atoms with Crippen LogP contribution in [0.25, 0.3) is 11.5 Å². The molecule has 0 amide bonds. The van der Waals surface area contributed by atoms with Crippen LogP contribution in [0.1, 0.15) is 30.3 Å². The van der Waals surface area contributed by atoms with Crippen LogP contribution in [0.5, 0.6) is 0 Å². The van der Waals surface area contributed by atoms with Crippen LogP contribution in [0.3, 0.4) is 0 Å². The summed E-state index contributed by atoms with van der Waals surface area (Å²) in [7, 11) is 0. The second kappa shape index (κ2) is 6.52. The lowest BCUT2D eigenvalue weighted by atomic mass is 9.95. The van der Waals surface area contributed by atoms with E-state index in [1.54, 1.807) is 18.3 Å². The predicted octanol–water partition coefficient (Wildman–Crippen LogP) is 2.98. The van der Waals surface area contributed by atoms with Crippen LogP contribution in [0.15, 0.2) is 40.9 Å². The van der Waals surface area contributed by atoms with Crippen molar-refractivity contribution in [3.63, 3.8) is 0 Å². The number of rotatable bonds is 4. The predicted molar refractivity (Wildman–Crippen MR) is 85.5 cm³/mol. The highest BCUT2D eigenvalue weighted by Gasteiger charge is 2.23. The third-order valence-electron chi connectivity index (χ3n) is 4.36. The number of aromatic amines is 1. The summed E-state index contributed by atoms with van der Waals surface area (Å²) in [5.41, 5.74) is 1.77. The van der Waals surface area contributed by atoms with Crippen molar-refractivity contribution in [2.45, 2.75) is 25.3 Å². The van der Waals surface area contributed by atoms with Crippen LogP contribution >= 0.6 is 0 Å². The summed E-state index contributed by atoms with van der Waals surface area (Å²) in [6.07, 6.45) is 4.06. The van der Waals surface area contributed by atoms with Crippen LogP contribution in [0.4, 0.5) is 4.39 Å². The van der Waals surface area contributed by atoms with E-state index in [1.165, 1.54) is 17.8 Å². The fourth-order valence-electron chi connectivity index (χ4n) is 3.19. The van der Waals surface area contributed by atoms with E-state index in [2.05, 4.69) is 25.3 Å². The van der Waals surface area contributed by atoms with E-state index in [9.17, 15) is 4.39 Å². The Morgan fingerprint density at radius 2 is 2.25 bits per heavy atom. The van der Waals surface area contributed by atoms with Gasteiger partial charge < -0.3 is 4.42 Å². The Hall–Kier alpha value is -2.54. The molecule has 1 N–H and O–H groups in total. The van der Waals surface area contributed by atoms with Gasteiger partial charge in [0.05, 0.1) is 6.54 Å². The quantitative estimate of drug-likeness (QED) is 0.798. The zero-order valence-corrected chi connectivity index (χ0v) is 13.2. The number of piperidine rings is 1. The van der Waals surface area contributed by atoms with Crippen molar-refractivity contribution in [2.24, 2.45) is 0 Å². The molecule has 3 heterocycles. The molecule has 0 saturated carbocycles. The Kier molecular flexibility index (Phi) is 4.08. The van der Waals surface area contributed by atoms with Gasteiger partial charge in [-0.1, -0.05) is 6.07 Å². The minimum atomic E-state index is -0.314. The molecule has 7 heteroatoms. The number of nitrogens with one attached hydrogen (secondary N) is 1. The molecule has 1 aromatic carbocycles. The highest BCUT2D eigenvalue weighted by molar-refractivity contribution is 5.52. The maximum Gasteiger partial charge on any atom is 0.247 e. The van der Waals surface area contributed by atoms with E-state index in [0.717, 1.165) is 25.9 Å². The lowest BCUT2D eigenvalue weighted by Crippen LogP contribution is -2.34. The largest absolute Gasteiger partial charge is 0.419 e. The smallest absolute Gasteiger partial charge is 0.247 e. The van der Waals surface area contributed by atoms with Gasteiger partial charge in [-0.2, -0.15) is 5.10 Å². The summed E-state index contributed by atoms with van der Waals surface area (Å²) in [6, 6.07) is 8.21. The van der Waals surface area contributed by atoms with Gasteiger partial charge in [0, 0.05) is 29.9 Å². The summed E-state index contributed by atoms with van der Waals surface area (Å²) >= 11 is 0. The number of aromatic nitrogens is 4. The molecule has 0 spiro atoms. The van der Waals surface area contributed by atoms with Gasteiger partial charge in [-0.05, 0) is 43.7 Å². The highest BCUT2D eigenvalue weighted by atomic mass is 19.1. The Bertz CT molecular complexity index is 801. The lowest BCUT2D eigenvalue weighted by Gasteiger charge is -2.31. The molecule has 124 valence electrons. The van der Waals surface area contributed by atoms with Gasteiger partial charge in [0.15, 0.2) is 0 Å². The normalized spacial score (nSPS) is 18.8. The molecular formula is C17H18FN5O. The Balaban J connectivity index is 1.44. The fraction of sp³-hybridized carbons (Fsp3) is 0.353. The zero-order valence-electron chi connectivity index (χ0n) is 13.2. The molecular weight excluding hydrogens is 309 g/mol. The minimum absolute atomic E-state index is 0.314. The van der Waals surface area contributed by atoms with Gasteiger partial charge in [0.1, 0.15) is 5.82 Å². The van der Waals surface area contributed by atoms with Crippen molar-refractivity contribution >= 4 is 0 Å². The van der Waals surface area contributed by atoms with Crippen LogP contribution in [-0.2, 0) is 6.54 Å². The first-order valence-corrected chi connectivity index (χ1v) is 8.08. The molecule has 4 rings (SSSR count). The van der Waals surface area contributed by atoms with Crippen molar-refractivity contribution in [3.8, 4) is 11.5 Å². The lowest BCUT2D eigenvalue weighted by molar-refractivity contribution is 0.182. The second-order valence-corrected chi connectivity index (χ2v) is 6.10. The van der Waals surface area contributed by atoms with Gasteiger partial charge in [-0.3, -0.25) is 10.00 Å². The Labute approximate surface area is 138 Å². The number of hydrogen-bond donors (Lipinski definition) is 1. The van der Waals surface area contributed by atoms with Crippen molar-refractivity contribution in [2.75, 3.05) is 13.1 Å². The molecule has 2 aromatic heterocycles. The van der Waals surface area contributed by atoms with Crippen molar-refractivity contribution in [3.05, 3.63) is 53.9 Å². The molecule has 0 aliphatic carbocycles. The minimum Gasteiger partial charge on any atom is -0.419 e. The topological polar surface area (TPSA) is 70.8 Å². The first-order chi connectivity index (χ1) is 11.8. The average Bonchev–Trinajstić information content (AvgIpc) is 3.27. The third kappa shape index (κ3) is 3.21. The van der Waals surface area contributed by atoms with E-state index in [-0.39, 0.29) is 5.82 Å². The number of nitrogens with zero attached hydrogens (tertiary/aromatic N) is 4. The molecule has 0 bridgehead atoms. The van der Waals surface area contributed by atoms with E-state index in [4.69, 9.17) is 4.42 Å². The third-order valence-corrected chi connectivity index (χ3v) is 4.36. The Morgan fingerprint density at radius 1 is 1.29 bits per heavy atom. The fourth-order valence-corrected chi connectivity index (χ4v) is 3.19. The molecule has 1 atom stereocenters. The maximum atomic E-state index is 13.3. The molecule has 6 nitrogen and oxygen atoms in total. The first kappa shape index (κ1) is 15.0. The number of benzene rings is 1. The molecule has 1 aliphatic rings. The molecule has 1 unspecified atom stereocenters. The van der Waals surface area contributed by atoms with Crippen LogP contribution in [0, 0.1) is 5.82 Å². The van der Waals surface area contributed by atoms with Gasteiger partial charge in [0.25, 0.3) is 0 Å². The monoisotopic (exact) mass is 327 g/mol. The molecule has 24 heavy (non-hydrogen) atoms. The summed E-state index contributed by atoms with van der Waals surface area (Å²) in [4.78, 5) is 2.30. The van der Waals surface area contributed by atoms with E-state index >= 15 is 0 Å². The number of likely N-dealkylation sites (tertiary alicyclic amines) is 1. The van der Waals surface area contributed by atoms with Crippen molar-refractivity contribution < 1.29 is 8.81 Å². The Morgan fingerprint density at radius 3 is 3.08 bits per heavy atom. The SMILES string of the molecule is Fc1cccc(-c2nnc(CN3CCCC(c4ccn[nH]4)C3)o2)c1. The summed E-state index contributed by atoms with van der Waals surface area (Å²) in [5, 5.41) is 15.2. The standard InChI is InChI=1S/C17H18FN5O/c18-14-5-1-3-12(9-14)17-22-21-16(24-17)11-23-8-2-4-13(10-23)15-6-7-19-20-15/h1,3,5-7,9,13H,2,4,8,10-11H2,(H,19,20). The summed E-state index contributed by atoms with van der Waals surface area (Å²) in [5.74, 6) is 1.05. The average molecular weight is 327 g/mol. The van der Waals surface area contributed by atoms with Gasteiger partial charge in [-0.25, -0.2) is 4.39 Å². The van der Waals surface area contributed by atoms with E-state index in [1.807, 2.05) is 6.07 Å². The summed E-state index contributed by atoms with van der Waals surface area (Å²) in [6.45, 7) is 2.54. The van der Waals surface area contributed by atoms with E-state index in [0.29, 0.717) is 29.8 Å². The number of hydrogen-bond acceptors (Lipinski definition) is 5. The second-order valence-electron chi connectivity index (χ2n) is 6.10. The summed E-state index contributed by atoms with van der Waals surface area (Å²) < 4.78 is 19.0. The number of H-pyrrole nitrogens is 1. The van der Waals surface area contributed by atoms with Crippen LogP contribution < -0.4 is 0 Å². The first-order valence-electron chi connectivity index (χ1n) is 8.08. The van der Waals surface area contributed by atoms with Gasteiger partial charge in [-0.15, -0.1) is 10.2 Å². The highest BCUT2D eigenvalue weighted by Crippen LogP contribution is 2.26. The molecule has 1 aliphatic heterocycles. The maximum absolute atomic E-state index is 13.3. The van der Waals surface area contributed by atoms with Crippen LogP contribution in [-0.4, -0.2) is 38.4 Å². The van der Waals surface area contributed by atoms with Crippen molar-refractivity contribution in [1.29, 1.82) is 0 Å². The molecule has 1 fully saturated rings. The number of halogens is 1. The van der Waals surface area contributed by atoms with Crippen molar-refractivity contribution in [1.82, 2.24) is 25.3 Å². The van der Waals surface area contributed by atoms with Crippen LogP contribution in [0.2, 0.25) is 0 Å². The van der Waals surface area contributed by atoms with E-state index < -0.39 is 0 Å².